The maximum Gasteiger partial charge on any atom is 0.277 e. The van der Waals surface area contributed by atoms with E-state index in [1.165, 1.54) is 10.6 Å². The Hall–Kier alpha value is -2.71. The van der Waals surface area contributed by atoms with E-state index in [0.29, 0.717) is 31.8 Å². The van der Waals surface area contributed by atoms with Gasteiger partial charge in [0.1, 0.15) is 5.52 Å². The smallest absolute Gasteiger partial charge is 0.277 e. The molecule has 0 atom stereocenters. The number of methoxy groups -OCH3 is 2. The van der Waals surface area contributed by atoms with E-state index in [4.69, 9.17) is 9.47 Å². The highest BCUT2D eigenvalue weighted by atomic mass is 16.5. The molecule has 1 N–H and O–H groups in total. The number of aromatic nitrogens is 3. The number of hydrogen-bond acceptors (Lipinski definition) is 5. The van der Waals surface area contributed by atoms with E-state index in [2.05, 4.69) is 10.4 Å². The standard InChI is InChI=1S/C17H20N4O4/c1-24-9-7-18-16(22)12-11-15-17(23)20(8-10-25-2)13-5-3-4-6-14(13)21(15)19-12/h3-6,11H,7-10H2,1-2H3,(H,18,22). The average molecular weight is 344 g/mol. The van der Waals surface area contributed by atoms with Crippen LogP contribution >= 0.6 is 0 Å². The molecule has 1 amide bonds. The van der Waals surface area contributed by atoms with Crippen molar-refractivity contribution in [2.75, 3.05) is 34.0 Å². The molecule has 8 heteroatoms. The average Bonchev–Trinajstić information content (AvgIpc) is 3.08. The van der Waals surface area contributed by atoms with Crippen LogP contribution in [-0.2, 0) is 16.0 Å². The molecule has 0 saturated heterocycles. The molecule has 0 aliphatic rings. The summed E-state index contributed by atoms with van der Waals surface area (Å²) in [4.78, 5) is 25.1. The number of fused-ring (bicyclic) bond motifs is 3. The predicted molar refractivity (Wildman–Crippen MR) is 93.0 cm³/mol. The van der Waals surface area contributed by atoms with E-state index < -0.39 is 0 Å². The van der Waals surface area contributed by atoms with E-state index in [1.807, 2.05) is 24.3 Å². The van der Waals surface area contributed by atoms with Crippen LogP contribution in [0.4, 0.5) is 0 Å². The number of carbonyl (C=O) groups is 1. The minimum Gasteiger partial charge on any atom is -0.383 e. The van der Waals surface area contributed by atoms with Gasteiger partial charge in [0.15, 0.2) is 5.69 Å². The van der Waals surface area contributed by atoms with Crippen LogP contribution in [0.5, 0.6) is 0 Å². The lowest BCUT2D eigenvalue weighted by Gasteiger charge is -2.11. The molecule has 0 bridgehead atoms. The molecule has 132 valence electrons. The second-order valence-electron chi connectivity index (χ2n) is 5.51. The summed E-state index contributed by atoms with van der Waals surface area (Å²) in [6, 6.07) is 8.96. The molecular formula is C17H20N4O4. The fraction of sp³-hybridized carbons (Fsp3) is 0.353. The fourth-order valence-corrected chi connectivity index (χ4v) is 2.71. The molecular weight excluding hydrogens is 324 g/mol. The van der Waals surface area contributed by atoms with Gasteiger partial charge in [-0.2, -0.15) is 5.10 Å². The third kappa shape index (κ3) is 3.26. The first-order valence-corrected chi connectivity index (χ1v) is 7.94. The topological polar surface area (TPSA) is 86.9 Å². The lowest BCUT2D eigenvalue weighted by atomic mass is 10.2. The van der Waals surface area contributed by atoms with Crippen molar-refractivity contribution in [3.05, 3.63) is 46.4 Å². The summed E-state index contributed by atoms with van der Waals surface area (Å²) in [6.07, 6.45) is 0. The molecule has 2 aromatic heterocycles. The van der Waals surface area contributed by atoms with Crippen LogP contribution in [-0.4, -0.2) is 54.1 Å². The molecule has 0 aliphatic heterocycles. The van der Waals surface area contributed by atoms with Crippen molar-refractivity contribution >= 4 is 22.5 Å². The second-order valence-corrected chi connectivity index (χ2v) is 5.51. The van der Waals surface area contributed by atoms with E-state index in [-0.39, 0.29) is 17.2 Å². The van der Waals surface area contributed by atoms with E-state index in [0.717, 1.165) is 11.0 Å². The molecule has 0 aliphatic carbocycles. The van der Waals surface area contributed by atoms with Crippen molar-refractivity contribution in [2.24, 2.45) is 0 Å². The van der Waals surface area contributed by atoms with Gasteiger partial charge in [0.05, 0.1) is 24.2 Å². The first-order valence-electron chi connectivity index (χ1n) is 7.94. The van der Waals surface area contributed by atoms with Crippen LogP contribution in [0.25, 0.3) is 16.6 Å². The fourth-order valence-electron chi connectivity index (χ4n) is 2.71. The van der Waals surface area contributed by atoms with Crippen LogP contribution in [0.3, 0.4) is 0 Å². The largest absolute Gasteiger partial charge is 0.383 e. The number of hydrogen-bond donors (Lipinski definition) is 1. The third-order valence-electron chi connectivity index (χ3n) is 3.92. The molecule has 25 heavy (non-hydrogen) atoms. The number of amides is 1. The minimum atomic E-state index is -0.340. The number of benzene rings is 1. The molecule has 0 radical (unpaired) electrons. The first kappa shape index (κ1) is 17.1. The van der Waals surface area contributed by atoms with Crippen molar-refractivity contribution in [3.8, 4) is 0 Å². The quantitative estimate of drug-likeness (QED) is 0.637. The zero-order chi connectivity index (χ0) is 17.8. The van der Waals surface area contributed by atoms with Gasteiger partial charge in [-0.05, 0) is 12.1 Å². The Balaban J connectivity index is 2.12. The van der Waals surface area contributed by atoms with Crippen LogP contribution < -0.4 is 10.9 Å². The molecule has 0 fully saturated rings. The van der Waals surface area contributed by atoms with Crippen LogP contribution in [0.1, 0.15) is 10.5 Å². The number of rotatable bonds is 7. The van der Waals surface area contributed by atoms with Crippen molar-refractivity contribution in [2.45, 2.75) is 6.54 Å². The molecule has 2 heterocycles. The number of ether oxygens (including phenoxy) is 2. The Morgan fingerprint density at radius 3 is 2.56 bits per heavy atom. The summed E-state index contributed by atoms with van der Waals surface area (Å²) >= 11 is 0. The number of nitrogens with one attached hydrogen (secondary N) is 1. The van der Waals surface area contributed by atoms with Gasteiger partial charge in [0.25, 0.3) is 11.5 Å². The predicted octanol–water partition coefficient (Wildman–Crippen LogP) is 0.672. The SMILES string of the molecule is COCCNC(=O)c1cc2c(=O)n(CCOC)c3ccccc3n2n1. The Morgan fingerprint density at radius 1 is 1.12 bits per heavy atom. The second kappa shape index (κ2) is 7.45. The zero-order valence-corrected chi connectivity index (χ0v) is 14.2. The summed E-state index contributed by atoms with van der Waals surface area (Å²) in [5.41, 5.74) is 1.84. The van der Waals surface area contributed by atoms with Gasteiger partial charge in [0.2, 0.25) is 0 Å². The van der Waals surface area contributed by atoms with Gasteiger partial charge in [-0.3, -0.25) is 9.59 Å². The molecule has 0 unspecified atom stereocenters. The summed E-state index contributed by atoms with van der Waals surface area (Å²) in [5, 5.41) is 7.03. The highest BCUT2D eigenvalue weighted by Gasteiger charge is 2.16. The Labute approximate surface area is 144 Å². The third-order valence-corrected chi connectivity index (χ3v) is 3.92. The Kier molecular flexibility index (Phi) is 5.11. The molecule has 3 rings (SSSR count). The van der Waals surface area contributed by atoms with Crippen molar-refractivity contribution in [3.63, 3.8) is 0 Å². The highest BCUT2D eigenvalue weighted by molar-refractivity contribution is 5.94. The van der Waals surface area contributed by atoms with Crippen LogP contribution in [0.15, 0.2) is 35.1 Å². The van der Waals surface area contributed by atoms with E-state index in [1.54, 1.807) is 18.8 Å². The van der Waals surface area contributed by atoms with Crippen LogP contribution in [0.2, 0.25) is 0 Å². The van der Waals surface area contributed by atoms with E-state index >= 15 is 0 Å². The zero-order valence-electron chi connectivity index (χ0n) is 14.2. The summed E-state index contributed by atoms with van der Waals surface area (Å²) in [6.45, 7) is 1.62. The van der Waals surface area contributed by atoms with Gasteiger partial charge in [-0.15, -0.1) is 0 Å². The molecule has 0 saturated carbocycles. The van der Waals surface area contributed by atoms with Gasteiger partial charge in [-0.25, -0.2) is 4.52 Å². The van der Waals surface area contributed by atoms with Gasteiger partial charge >= 0.3 is 0 Å². The lowest BCUT2D eigenvalue weighted by Crippen LogP contribution is -2.27. The van der Waals surface area contributed by atoms with Crippen molar-refractivity contribution in [1.29, 1.82) is 0 Å². The maximum absolute atomic E-state index is 12.8. The number of nitrogens with zero attached hydrogens (tertiary/aromatic N) is 3. The van der Waals surface area contributed by atoms with Crippen molar-refractivity contribution < 1.29 is 14.3 Å². The monoisotopic (exact) mass is 344 g/mol. The summed E-state index contributed by atoms with van der Waals surface area (Å²) in [7, 11) is 3.15. The molecule has 0 spiro atoms. The summed E-state index contributed by atoms with van der Waals surface area (Å²) in [5.74, 6) is -0.340. The summed E-state index contributed by atoms with van der Waals surface area (Å²) < 4.78 is 13.2. The van der Waals surface area contributed by atoms with Gasteiger partial charge < -0.3 is 19.4 Å². The lowest BCUT2D eigenvalue weighted by molar-refractivity contribution is 0.0932. The van der Waals surface area contributed by atoms with Crippen LogP contribution in [0, 0.1) is 0 Å². The highest BCUT2D eigenvalue weighted by Crippen LogP contribution is 2.15. The number of carbonyl (C=O) groups excluding carboxylic acids is 1. The molecule has 1 aromatic carbocycles. The normalized spacial score (nSPS) is 11.3. The molecule has 8 nitrogen and oxygen atoms in total. The van der Waals surface area contributed by atoms with Crippen molar-refractivity contribution in [1.82, 2.24) is 19.5 Å². The Bertz CT molecular complexity index is 960. The van der Waals surface area contributed by atoms with Gasteiger partial charge in [-0.1, -0.05) is 12.1 Å². The minimum absolute atomic E-state index is 0.197. The first-order chi connectivity index (χ1) is 12.2. The van der Waals surface area contributed by atoms with E-state index in [9.17, 15) is 9.59 Å². The number of para-hydroxylation sites is 2. The Morgan fingerprint density at radius 2 is 1.84 bits per heavy atom. The van der Waals surface area contributed by atoms with Gasteiger partial charge in [0, 0.05) is 33.4 Å². The molecule has 3 aromatic rings. The maximum atomic E-state index is 12.8.